The Hall–Kier alpha value is -11.6. The summed E-state index contributed by atoms with van der Waals surface area (Å²) >= 11 is 0. The molecule has 6 aromatic carbocycles. The number of benzene rings is 6. The smallest absolute Gasteiger partial charge is 0.0938 e. The van der Waals surface area contributed by atoms with Gasteiger partial charge >= 0.3 is 0 Å². The average molecular weight is 1140 g/mol. The van der Waals surface area contributed by atoms with Gasteiger partial charge in [0.2, 0.25) is 0 Å². The van der Waals surface area contributed by atoms with Crippen LogP contribution < -0.4 is 0 Å². The van der Waals surface area contributed by atoms with E-state index in [4.69, 9.17) is 19.9 Å². The van der Waals surface area contributed by atoms with Gasteiger partial charge in [-0.15, -0.1) is 0 Å². The molecule has 3 aliphatic rings. The largest absolute Gasteiger partial charge is 0.309 e. The lowest BCUT2D eigenvalue weighted by atomic mass is 9.93. The predicted octanol–water partition coefficient (Wildman–Crippen LogP) is 19.1. The van der Waals surface area contributed by atoms with Crippen LogP contribution in [0.1, 0.15) is 36.8 Å². The molecule has 10 heterocycles. The molecule has 0 bridgehead atoms. The van der Waals surface area contributed by atoms with E-state index in [2.05, 4.69) is 235 Å². The Morgan fingerprint density at radius 2 is 0.652 bits per heavy atom. The number of pyridine rings is 6. The third-order valence-corrected chi connectivity index (χ3v) is 18.8. The minimum Gasteiger partial charge on any atom is -0.309 e. The predicted molar refractivity (Wildman–Crippen MR) is 363 cm³/mol. The standard InChI is InChI=1S/C79H52N10/c1-5-13-52(14-6-1)86-70-25-21-48(37-58(70)64-44-80-33-29-74(64)86)56-42-68(50-23-27-72-60(39-50)66-46-82-35-31-76(66)88(72)54-17-9-3-10-18-54)84-78-62(56)41-63-57(49-22-26-71-59(38-49)65-45-81-34-30-75(65)87(71)53-15-7-2-8-16-53)43-69(85-79(63)78)51-24-28-73-61(40-51)67-47-83-36-32-77(67)89(73)55-19-11-4-12-20-55/h3-5,7,9-40,42-47H,1-2,6,8,41H2. The second kappa shape index (κ2) is 19.4. The van der Waals surface area contributed by atoms with E-state index in [1.807, 2.05) is 49.6 Å². The topological polar surface area (TPSA) is 97.1 Å². The minimum absolute atomic E-state index is 0.624. The molecule has 3 aliphatic carbocycles. The summed E-state index contributed by atoms with van der Waals surface area (Å²) in [4.78, 5) is 30.5. The highest BCUT2D eigenvalue weighted by Crippen LogP contribution is 2.49. The molecule has 16 aromatic rings. The molecular weight excluding hydrogens is 1090 g/mol. The van der Waals surface area contributed by atoms with Crippen LogP contribution in [-0.4, -0.2) is 48.2 Å². The van der Waals surface area contributed by atoms with Crippen molar-refractivity contribution in [3.05, 3.63) is 267 Å². The van der Waals surface area contributed by atoms with Crippen LogP contribution in [0.2, 0.25) is 0 Å². The Balaban J connectivity index is 0.872. The Morgan fingerprint density at radius 1 is 0.303 bits per heavy atom. The summed E-state index contributed by atoms with van der Waals surface area (Å²) in [6.07, 6.45) is 34.1. The van der Waals surface area contributed by atoms with Crippen molar-refractivity contribution >= 4 is 98.6 Å². The molecule has 0 saturated carbocycles. The van der Waals surface area contributed by atoms with Gasteiger partial charge in [-0.25, -0.2) is 9.97 Å². The molecule has 0 N–H and O–H groups in total. The summed E-state index contributed by atoms with van der Waals surface area (Å²) < 4.78 is 9.48. The van der Waals surface area contributed by atoms with E-state index in [9.17, 15) is 0 Å². The molecule has 19 rings (SSSR count). The fourth-order valence-electron chi connectivity index (χ4n) is 14.8. The first kappa shape index (κ1) is 49.6. The molecule has 10 aromatic heterocycles. The van der Waals surface area contributed by atoms with Gasteiger partial charge in [-0.2, -0.15) is 0 Å². The molecule has 418 valence electrons. The van der Waals surface area contributed by atoms with Gasteiger partial charge in [-0.05, 0) is 180 Å². The number of nitrogens with zero attached hydrogens (tertiary/aromatic N) is 10. The monoisotopic (exact) mass is 1140 g/mol. The van der Waals surface area contributed by atoms with Crippen molar-refractivity contribution in [1.82, 2.24) is 48.2 Å². The van der Waals surface area contributed by atoms with Gasteiger partial charge in [-0.3, -0.25) is 19.9 Å². The Labute approximate surface area is 510 Å². The molecule has 0 atom stereocenters. The maximum Gasteiger partial charge on any atom is 0.0938 e. The first-order valence-electron chi connectivity index (χ1n) is 30.6. The summed E-state index contributed by atoms with van der Waals surface area (Å²) in [7, 11) is 0. The van der Waals surface area contributed by atoms with Gasteiger partial charge in [0.15, 0.2) is 0 Å². The highest BCUT2D eigenvalue weighted by Gasteiger charge is 2.31. The first-order valence-corrected chi connectivity index (χ1v) is 30.6. The van der Waals surface area contributed by atoms with Gasteiger partial charge in [0.1, 0.15) is 0 Å². The number of hydrogen-bond donors (Lipinski definition) is 0. The van der Waals surface area contributed by atoms with Gasteiger partial charge in [0.25, 0.3) is 0 Å². The van der Waals surface area contributed by atoms with Crippen LogP contribution >= 0.6 is 0 Å². The van der Waals surface area contributed by atoms with E-state index >= 15 is 0 Å². The zero-order valence-corrected chi connectivity index (χ0v) is 48.3. The minimum atomic E-state index is 0.624. The van der Waals surface area contributed by atoms with Crippen molar-refractivity contribution in [2.45, 2.75) is 32.1 Å². The van der Waals surface area contributed by atoms with Crippen LogP contribution in [0, 0.1) is 0 Å². The highest BCUT2D eigenvalue weighted by atomic mass is 15.0. The van der Waals surface area contributed by atoms with Crippen LogP contribution in [0.3, 0.4) is 0 Å². The SMILES string of the molecule is C1=CC(n2c3ccncc3c3cc(-c4cc(-c5ccc6c(c5)c5cnccc5n6-c5ccccc5)nc5c4Cc4c(-c6ccc7c(c6)c6cnccc6n7C6=CCCC=C6)cc(-c6ccc7c(c6)c6cnccc6n7-c6ccccc6)nc4-5)ccc32)=CCC1. The molecule has 10 heteroatoms. The average Bonchev–Trinajstić information content (AvgIpc) is 1.81. The Kier molecular flexibility index (Phi) is 10.8. The van der Waals surface area contributed by atoms with E-state index < -0.39 is 0 Å². The number of rotatable bonds is 8. The second-order valence-electron chi connectivity index (χ2n) is 23.7. The van der Waals surface area contributed by atoms with Gasteiger partial charge in [0.05, 0.1) is 66.9 Å². The quantitative estimate of drug-likeness (QED) is 0.150. The van der Waals surface area contributed by atoms with Gasteiger partial charge < -0.3 is 18.3 Å². The summed E-state index contributed by atoms with van der Waals surface area (Å²) in [5, 5.41) is 8.90. The van der Waals surface area contributed by atoms with Crippen LogP contribution in [0.15, 0.2) is 256 Å². The molecule has 89 heavy (non-hydrogen) atoms. The summed E-state index contributed by atoms with van der Waals surface area (Å²) in [6, 6.07) is 62.0. The van der Waals surface area contributed by atoms with E-state index in [1.165, 1.54) is 11.4 Å². The fraction of sp³-hybridized carbons (Fsp3) is 0.0633. The van der Waals surface area contributed by atoms with E-state index in [-0.39, 0.29) is 0 Å². The Bertz CT molecular complexity index is 5470. The van der Waals surface area contributed by atoms with Crippen LogP contribution in [0.25, 0.3) is 166 Å². The molecule has 0 aliphatic heterocycles. The van der Waals surface area contributed by atoms with Crippen molar-refractivity contribution < 1.29 is 0 Å². The lowest BCUT2D eigenvalue weighted by Crippen LogP contribution is -1.98. The number of hydrogen-bond acceptors (Lipinski definition) is 6. The van der Waals surface area contributed by atoms with Crippen molar-refractivity contribution in [3.63, 3.8) is 0 Å². The van der Waals surface area contributed by atoms with Crippen molar-refractivity contribution in [2.24, 2.45) is 0 Å². The molecule has 0 spiro atoms. The summed E-state index contributed by atoms with van der Waals surface area (Å²) in [5.41, 5.74) is 25.8. The number of aromatic nitrogens is 10. The van der Waals surface area contributed by atoms with E-state index in [0.717, 1.165) is 192 Å². The van der Waals surface area contributed by atoms with Gasteiger partial charge in [-0.1, -0.05) is 85.0 Å². The third-order valence-electron chi connectivity index (χ3n) is 18.8. The Morgan fingerprint density at radius 3 is 1.03 bits per heavy atom. The maximum absolute atomic E-state index is 5.87. The number of para-hydroxylation sites is 2. The molecule has 0 fully saturated rings. The van der Waals surface area contributed by atoms with E-state index in [1.54, 1.807) is 0 Å². The molecule has 0 saturated heterocycles. The van der Waals surface area contributed by atoms with Crippen molar-refractivity contribution in [3.8, 4) is 67.5 Å². The molecule has 0 amide bonds. The van der Waals surface area contributed by atoms with Crippen molar-refractivity contribution in [2.75, 3.05) is 0 Å². The first-order chi connectivity index (χ1) is 44.1. The van der Waals surface area contributed by atoms with Crippen LogP contribution in [-0.2, 0) is 6.42 Å². The van der Waals surface area contributed by atoms with E-state index in [0.29, 0.717) is 6.42 Å². The molecule has 0 unspecified atom stereocenters. The van der Waals surface area contributed by atoms with Gasteiger partial charge in [0, 0.05) is 133 Å². The normalized spacial score (nSPS) is 13.9. The zero-order valence-electron chi connectivity index (χ0n) is 48.3. The molecular formula is C79H52N10. The van der Waals surface area contributed by atoms with Crippen LogP contribution in [0.5, 0.6) is 0 Å². The lowest BCUT2D eigenvalue weighted by Gasteiger charge is -2.14. The second-order valence-corrected chi connectivity index (χ2v) is 23.7. The molecule has 10 nitrogen and oxygen atoms in total. The lowest BCUT2D eigenvalue weighted by molar-refractivity contribution is 1.02. The fourth-order valence-corrected chi connectivity index (χ4v) is 14.8. The third kappa shape index (κ3) is 7.56. The number of fused-ring (bicyclic) bond motifs is 15. The highest BCUT2D eigenvalue weighted by molar-refractivity contribution is 6.15. The summed E-state index contributed by atoms with van der Waals surface area (Å²) in [5.74, 6) is 0. The van der Waals surface area contributed by atoms with Crippen molar-refractivity contribution in [1.29, 1.82) is 0 Å². The maximum atomic E-state index is 5.87. The number of allylic oxidation sites excluding steroid dienone is 8. The molecule has 0 radical (unpaired) electrons. The van der Waals surface area contributed by atoms with Crippen LogP contribution in [0.4, 0.5) is 0 Å². The zero-order chi connectivity index (χ0) is 58.3. The summed E-state index contributed by atoms with van der Waals surface area (Å²) in [6.45, 7) is 0.